The van der Waals surface area contributed by atoms with Crippen LogP contribution in [-0.2, 0) is 4.79 Å². The minimum Gasteiger partial charge on any atom is -0.351 e. The summed E-state index contributed by atoms with van der Waals surface area (Å²) in [5, 5.41) is 12.4. The number of nitrogens with zero attached hydrogens (tertiary/aromatic N) is 4. The van der Waals surface area contributed by atoms with E-state index in [1.54, 1.807) is 22.1 Å². The zero-order valence-electron chi connectivity index (χ0n) is 13.5. The van der Waals surface area contributed by atoms with E-state index in [1.165, 1.54) is 0 Å². The number of hydrogen-bond donors (Lipinski definition) is 3. The van der Waals surface area contributed by atoms with Gasteiger partial charge in [0, 0.05) is 29.7 Å². The summed E-state index contributed by atoms with van der Waals surface area (Å²) in [6, 6.07) is 5.70. The Morgan fingerprint density at radius 2 is 2.21 bits per heavy atom. The number of aromatic nitrogens is 3. The first-order valence-electron chi connectivity index (χ1n) is 7.93. The third kappa shape index (κ3) is 2.36. The zero-order valence-corrected chi connectivity index (χ0v) is 13.5. The van der Waals surface area contributed by atoms with Crippen LogP contribution in [0.15, 0.2) is 42.4 Å². The van der Waals surface area contributed by atoms with Crippen molar-refractivity contribution in [2.45, 2.75) is 20.1 Å². The lowest BCUT2D eigenvalue weighted by Gasteiger charge is -2.34. The molecule has 1 saturated heterocycles. The second-order valence-corrected chi connectivity index (χ2v) is 6.06. The van der Waals surface area contributed by atoms with Gasteiger partial charge in [0.05, 0.1) is 12.4 Å². The maximum absolute atomic E-state index is 12.8. The van der Waals surface area contributed by atoms with Gasteiger partial charge in [-0.15, -0.1) is 0 Å². The minimum absolute atomic E-state index is 0.00935. The molecule has 4 heterocycles. The van der Waals surface area contributed by atoms with E-state index in [9.17, 15) is 4.79 Å². The lowest BCUT2D eigenvalue weighted by atomic mass is 9.95. The summed E-state index contributed by atoms with van der Waals surface area (Å²) < 4.78 is 1.70. The van der Waals surface area contributed by atoms with Gasteiger partial charge >= 0.3 is 0 Å². The third-order valence-electron chi connectivity index (χ3n) is 4.16. The van der Waals surface area contributed by atoms with Gasteiger partial charge in [-0.25, -0.2) is 20.1 Å². The fraction of sp³-hybridized carbons (Fsp3) is 0.312. The lowest BCUT2D eigenvalue weighted by Crippen LogP contribution is -2.56. The Bertz CT molecular complexity index is 779. The summed E-state index contributed by atoms with van der Waals surface area (Å²) in [7, 11) is 0. The summed E-state index contributed by atoms with van der Waals surface area (Å²) in [5.74, 6) is 0.818. The molecule has 2 aromatic heterocycles. The van der Waals surface area contributed by atoms with E-state index in [1.807, 2.05) is 38.2 Å². The molecule has 0 aliphatic carbocycles. The van der Waals surface area contributed by atoms with Crippen molar-refractivity contribution in [3.8, 4) is 5.82 Å². The predicted octanol–water partition coefficient (Wildman–Crippen LogP) is 0.415. The van der Waals surface area contributed by atoms with Crippen LogP contribution in [-0.4, -0.2) is 38.6 Å². The first-order chi connectivity index (χ1) is 11.6. The molecule has 2 aliphatic heterocycles. The molecule has 2 aliphatic rings. The summed E-state index contributed by atoms with van der Waals surface area (Å²) in [5.41, 5.74) is 5.50. The molecule has 0 aromatic carbocycles. The van der Waals surface area contributed by atoms with Gasteiger partial charge in [0.2, 0.25) is 0 Å². The smallest absolute Gasteiger partial charge is 0.269 e. The van der Waals surface area contributed by atoms with Crippen LogP contribution < -0.4 is 16.1 Å². The van der Waals surface area contributed by atoms with E-state index in [0.717, 1.165) is 22.7 Å². The van der Waals surface area contributed by atoms with E-state index in [4.69, 9.17) is 0 Å². The van der Waals surface area contributed by atoms with Crippen molar-refractivity contribution in [2.75, 3.05) is 6.67 Å². The summed E-state index contributed by atoms with van der Waals surface area (Å²) in [4.78, 5) is 17.2. The van der Waals surface area contributed by atoms with E-state index >= 15 is 0 Å². The topological polar surface area (TPSA) is 87.1 Å². The quantitative estimate of drug-likeness (QED) is 0.758. The standard InChI is InChI=1S/C16H19N7O/c1-10(2)13-14(21-16-18-9-20-23(16)15(13)24)11-4-5-12(17-8-11)22-7-3-6-19-22/h3-8,10,16,18,20-21H,9H2,1-2H3. The van der Waals surface area contributed by atoms with Crippen LogP contribution in [0.25, 0.3) is 11.5 Å². The molecule has 1 atom stereocenters. The predicted molar refractivity (Wildman–Crippen MR) is 88.0 cm³/mol. The maximum Gasteiger partial charge on any atom is 0.269 e. The van der Waals surface area contributed by atoms with Gasteiger partial charge in [-0.2, -0.15) is 5.10 Å². The molecule has 124 valence electrons. The van der Waals surface area contributed by atoms with Crippen LogP contribution in [0.4, 0.5) is 0 Å². The summed E-state index contributed by atoms with van der Waals surface area (Å²) in [6.45, 7) is 4.59. The molecule has 0 saturated carbocycles. The Hall–Kier alpha value is -2.71. The molecule has 24 heavy (non-hydrogen) atoms. The highest BCUT2D eigenvalue weighted by atomic mass is 16.2. The molecule has 1 unspecified atom stereocenters. The molecule has 8 heteroatoms. The molecule has 1 amide bonds. The van der Waals surface area contributed by atoms with Gasteiger partial charge in [-0.1, -0.05) is 13.8 Å². The van der Waals surface area contributed by atoms with Crippen LogP contribution in [0, 0.1) is 5.92 Å². The van der Waals surface area contributed by atoms with Crippen molar-refractivity contribution < 1.29 is 4.79 Å². The fourth-order valence-electron chi connectivity index (χ4n) is 3.01. The molecule has 0 bridgehead atoms. The average molecular weight is 325 g/mol. The number of hydrogen-bond acceptors (Lipinski definition) is 6. The number of pyridine rings is 1. The van der Waals surface area contributed by atoms with Gasteiger partial charge in [0.1, 0.15) is 0 Å². The van der Waals surface area contributed by atoms with Crippen molar-refractivity contribution in [2.24, 2.45) is 5.92 Å². The van der Waals surface area contributed by atoms with E-state index < -0.39 is 0 Å². The molecular formula is C16H19N7O. The Kier molecular flexibility index (Phi) is 3.55. The molecule has 0 spiro atoms. The summed E-state index contributed by atoms with van der Waals surface area (Å²) >= 11 is 0. The molecule has 3 N–H and O–H groups in total. The van der Waals surface area contributed by atoms with Gasteiger partial charge < -0.3 is 5.32 Å². The number of fused-ring (bicyclic) bond motifs is 1. The first kappa shape index (κ1) is 14.9. The van der Waals surface area contributed by atoms with Gasteiger partial charge in [-0.3, -0.25) is 10.1 Å². The molecular weight excluding hydrogens is 306 g/mol. The Morgan fingerprint density at radius 1 is 1.33 bits per heavy atom. The van der Waals surface area contributed by atoms with Gasteiger partial charge in [-0.05, 0) is 24.1 Å². The number of nitrogens with one attached hydrogen (secondary N) is 3. The Morgan fingerprint density at radius 3 is 2.88 bits per heavy atom. The monoisotopic (exact) mass is 325 g/mol. The van der Waals surface area contributed by atoms with Crippen molar-refractivity contribution in [3.63, 3.8) is 0 Å². The van der Waals surface area contributed by atoms with Crippen LogP contribution in [0.5, 0.6) is 0 Å². The Labute approximate surface area is 139 Å². The summed E-state index contributed by atoms with van der Waals surface area (Å²) in [6.07, 6.45) is 5.08. The third-order valence-corrected chi connectivity index (χ3v) is 4.16. The average Bonchev–Trinajstić information content (AvgIpc) is 3.26. The zero-order chi connectivity index (χ0) is 16.7. The number of rotatable bonds is 3. The lowest BCUT2D eigenvalue weighted by molar-refractivity contribution is -0.132. The Balaban J connectivity index is 1.73. The second-order valence-electron chi connectivity index (χ2n) is 6.06. The maximum atomic E-state index is 12.8. The number of carbonyl (C=O) groups is 1. The molecule has 8 nitrogen and oxygen atoms in total. The molecule has 2 aromatic rings. The normalized spacial score (nSPS) is 20.5. The largest absolute Gasteiger partial charge is 0.351 e. The minimum atomic E-state index is -0.249. The molecule has 0 radical (unpaired) electrons. The SMILES string of the molecule is CC(C)C1=C(c2ccc(-n3cccn3)nc2)NC2NCNN2C1=O. The van der Waals surface area contributed by atoms with Gasteiger partial charge in [0.15, 0.2) is 12.1 Å². The number of carbonyl (C=O) groups excluding carboxylic acids is 1. The number of amides is 1. The second kappa shape index (κ2) is 5.73. The van der Waals surface area contributed by atoms with Gasteiger partial charge in [0.25, 0.3) is 5.91 Å². The highest BCUT2D eigenvalue weighted by Crippen LogP contribution is 2.28. The molecule has 1 fully saturated rings. The number of hydrazine groups is 1. The van der Waals surface area contributed by atoms with Crippen molar-refractivity contribution in [1.29, 1.82) is 0 Å². The highest BCUT2D eigenvalue weighted by Gasteiger charge is 2.38. The first-order valence-corrected chi connectivity index (χ1v) is 7.93. The van der Waals surface area contributed by atoms with E-state index in [2.05, 4.69) is 26.1 Å². The van der Waals surface area contributed by atoms with Crippen molar-refractivity contribution >= 4 is 11.6 Å². The van der Waals surface area contributed by atoms with E-state index in [-0.39, 0.29) is 18.1 Å². The van der Waals surface area contributed by atoms with E-state index in [0.29, 0.717) is 6.67 Å². The fourth-order valence-corrected chi connectivity index (χ4v) is 3.01. The molecule has 4 rings (SSSR count). The van der Waals surface area contributed by atoms with Crippen LogP contribution in [0.2, 0.25) is 0 Å². The van der Waals surface area contributed by atoms with Crippen molar-refractivity contribution in [3.05, 3.63) is 47.9 Å². The highest BCUT2D eigenvalue weighted by molar-refractivity contribution is 6.02. The van der Waals surface area contributed by atoms with Crippen LogP contribution in [0.3, 0.4) is 0 Å². The van der Waals surface area contributed by atoms with Crippen molar-refractivity contribution in [1.82, 2.24) is 35.8 Å². The van der Waals surface area contributed by atoms with Crippen LogP contribution in [0.1, 0.15) is 19.4 Å². The van der Waals surface area contributed by atoms with Crippen LogP contribution >= 0.6 is 0 Å².